The number of hydrogen-bond acceptors (Lipinski definition) is 7. The first-order valence-electron chi connectivity index (χ1n) is 9.54. The van der Waals surface area contributed by atoms with Crippen LogP contribution in [0.5, 0.6) is 0 Å². The molecule has 2 saturated heterocycles. The van der Waals surface area contributed by atoms with Crippen LogP contribution in [0.4, 0.5) is 5.69 Å². The van der Waals surface area contributed by atoms with E-state index >= 15 is 0 Å². The van der Waals surface area contributed by atoms with Crippen molar-refractivity contribution >= 4 is 52.2 Å². The van der Waals surface area contributed by atoms with Gasteiger partial charge in [-0.1, -0.05) is 6.08 Å². The monoisotopic (exact) mass is 445 g/mol. The molecule has 10 heteroatoms. The molecule has 2 fully saturated rings. The molecule has 2 aliphatic heterocycles. The predicted octanol–water partition coefficient (Wildman–Crippen LogP) is 3.09. The number of amides is 1. The lowest BCUT2D eigenvalue weighted by Crippen LogP contribution is -2.34. The molecule has 0 saturated carbocycles. The van der Waals surface area contributed by atoms with E-state index in [0.29, 0.717) is 24.7 Å². The fourth-order valence-corrected chi connectivity index (χ4v) is 5.57. The van der Waals surface area contributed by atoms with Crippen molar-refractivity contribution in [1.29, 1.82) is 0 Å². The van der Waals surface area contributed by atoms with E-state index in [1.807, 2.05) is 11.0 Å². The van der Waals surface area contributed by atoms with Crippen LogP contribution in [0.2, 0.25) is 0 Å². The van der Waals surface area contributed by atoms with E-state index < -0.39 is 4.92 Å². The summed E-state index contributed by atoms with van der Waals surface area (Å²) < 4.78 is 4.92. The lowest BCUT2D eigenvalue weighted by Gasteiger charge is -2.20. The van der Waals surface area contributed by atoms with Crippen LogP contribution >= 0.6 is 24.0 Å². The molecule has 30 heavy (non-hydrogen) atoms. The summed E-state index contributed by atoms with van der Waals surface area (Å²) in [5, 5.41) is 10.9. The van der Waals surface area contributed by atoms with Crippen molar-refractivity contribution < 1.29 is 19.2 Å². The van der Waals surface area contributed by atoms with Gasteiger partial charge in [0.25, 0.3) is 11.6 Å². The number of rotatable bonds is 7. The maximum Gasteiger partial charge on any atom is 0.305 e. The van der Waals surface area contributed by atoms with Crippen LogP contribution in [-0.2, 0) is 14.3 Å². The minimum absolute atomic E-state index is 0.0174. The molecule has 0 aromatic heterocycles. The minimum Gasteiger partial charge on any atom is -0.466 e. The SMILES string of the molecule is CCOC(=O)CCCN1C(=O)C2SC3C=C(c4ccc([N+](=O)[O-])cc4)C=C3N2C1=S. The van der Waals surface area contributed by atoms with Gasteiger partial charge < -0.3 is 4.74 Å². The van der Waals surface area contributed by atoms with Gasteiger partial charge in [-0.3, -0.25) is 29.5 Å². The smallest absolute Gasteiger partial charge is 0.305 e. The van der Waals surface area contributed by atoms with Gasteiger partial charge in [0.05, 0.1) is 16.8 Å². The second-order valence-corrected chi connectivity index (χ2v) is 8.55. The molecule has 0 N–H and O–H groups in total. The van der Waals surface area contributed by atoms with Gasteiger partial charge in [0, 0.05) is 30.8 Å². The highest BCUT2D eigenvalue weighted by atomic mass is 32.2. The highest BCUT2D eigenvalue weighted by Gasteiger charge is 2.52. The molecule has 2 unspecified atom stereocenters. The predicted molar refractivity (Wildman–Crippen MR) is 116 cm³/mol. The van der Waals surface area contributed by atoms with Gasteiger partial charge in [0.1, 0.15) is 0 Å². The number of nitro benzene ring substituents is 1. The highest BCUT2D eigenvalue weighted by Crippen LogP contribution is 2.48. The summed E-state index contributed by atoms with van der Waals surface area (Å²) in [5.74, 6) is -0.338. The van der Waals surface area contributed by atoms with E-state index in [-0.39, 0.29) is 34.6 Å². The molecule has 4 rings (SSSR count). The molecular formula is C20H19N3O5S2. The standard InChI is InChI=1S/C20H19N3O5S2/c1-2-28-17(24)4-3-9-21-18(25)19-22(20(21)29)15-10-13(11-16(15)30-19)12-5-7-14(8-6-12)23(26)27/h5-8,10-11,16,19H,2-4,9H2,1H3. The number of nitrogens with zero attached hydrogens (tertiary/aromatic N) is 3. The minimum atomic E-state index is -0.425. The summed E-state index contributed by atoms with van der Waals surface area (Å²) in [6.07, 6.45) is 4.78. The van der Waals surface area contributed by atoms with Crippen LogP contribution in [0.3, 0.4) is 0 Å². The number of ether oxygens (including phenoxy) is 1. The van der Waals surface area contributed by atoms with Crippen molar-refractivity contribution in [3.05, 3.63) is 57.8 Å². The van der Waals surface area contributed by atoms with Gasteiger partial charge in [-0.2, -0.15) is 0 Å². The zero-order chi connectivity index (χ0) is 21.4. The van der Waals surface area contributed by atoms with Crippen LogP contribution in [0, 0.1) is 10.1 Å². The van der Waals surface area contributed by atoms with Gasteiger partial charge in [-0.25, -0.2) is 0 Å². The number of carbonyl (C=O) groups excluding carboxylic acids is 2. The van der Waals surface area contributed by atoms with E-state index in [4.69, 9.17) is 17.0 Å². The number of nitro groups is 1. The Morgan fingerprint density at radius 1 is 1.33 bits per heavy atom. The summed E-state index contributed by atoms with van der Waals surface area (Å²) in [4.78, 5) is 38.2. The number of hydrogen-bond donors (Lipinski definition) is 0. The normalized spacial score (nSPS) is 22.0. The summed E-state index contributed by atoms with van der Waals surface area (Å²) in [7, 11) is 0. The van der Waals surface area contributed by atoms with Crippen LogP contribution in [-0.4, -0.2) is 55.5 Å². The van der Waals surface area contributed by atoms with E-state index in [2.05, 4.69) is 6.08 Å². The van der Waals surface area contributed by atoms with E-state index in [1.54, 1.807) is 24.0 Å². The molecule has 1 aliphatic carbocycles. The molecular weight excluding hydrogens is 426 g/mol. The third-order valence-corrected chi connectivity index (χ3v) is 6.87. The number of benzene rings is 1. The van der Waals surface area contributed by atoms with Crippen molar-refractivity contribution in [1.82, 2.24) is 9.80 Å². The summed E-state index contributed by atoms with van der Waals surface area (Å²) in [5.41, 5.74) is 2.82. The van der Waals surface area contributed by atoms with E-state index in [9.17, 15) is 19.7 Å². The molecule has 0 spiro atoms. The maximum atomic E-state index is 12.8. The molecule has 1 aromatic rings. The van der Waals surface area contributed by atoms with Crippen LogP contribution in [0.15, 0.2) is 42.1 Å². The molecule has 2 atom stereocenters. The van der Waals surface area contributed by atoms with Crippen LogP contribution < -0.4 is 0 Å². The molecule has 8 nitrogen and oxygen atoms in total. The molecule has 156 valence electrons. The topological polar surface area (TPSA) is 93.0 Å². The van der Waals surface area contributed by atoms with Gasteiger partial charge in [0.15, 0.2) is 10.5 Å². The quantitative estimate of drug-likeness (QED) is 0.274. The zero-order valence-corrected chi connectivity index (χ0v) is 17.8. The second-order valence-electron chi connectivity index (χ2n) is 6.96. The lowest BCUT2D eigenvalue weighted by molar-refractivity contribution is -0.384. The first-order valence-corrected chi connectivity index (χ1v) is 10.9. The fraction of sp³-hybridized carbons (Fsp3) is 0.350. The van der Waals surface area contributed by atoms with Crippen molar-refractivity contribution in [2.75, 3.05) is 13.2 Å². The Hall–Kier alpha value is -2.72. The highest BCUT2D eigenvalue weighted by molar-refractivity contribution is 8.02. The van der Waals surface area contributed by atoms with Gasteiger partial charge in [-0.15, -0.1) is 11.8 Å². The third kappa shape index (κ3) is 3.61. The number of fused-ring (bicyclic) bond motifs is 3. The molecule has 2 heterocycles. The largest absolute Gasteiger partial charge is 0.466 e. The first-order chi connectivity index (χ1) is 14.4. The summed E-state index contributed by atoms with van der Waals surface area (Å²) >= 11 is 7.10. The average Bonchev–Trinajstić information content (AvgIpc) is 3.34. The first kappa shape index (κ1) is 20.5. The van der Waals surface area contributed by atoms with E-state index in [0.717, 1.165) is 16.8 Å². The van der Waals surface area contributed by atoms with Crippen molar-refractivity contribution in [3.63, 3.8) is 0 Å². The van der Waals surface area contributed by atoms with Gasteiger partial charge >= 0.3 is 5.97 Å². The molecule has 1 amide bonds. The Bertz CT molecular complexity index is 989. The molecule has 0 bridgehead atoms. The van der Waals surface area contributed by atoms with Crippen molar-refractivity contribution in [2.24, 2.45) is 0 Å². The lowest BCUT2D eigenvalue weighted by atomic mass is 10.1. The zero-order valence-electron chi connectivity index (χ0n) is 16.1. The average molecular weight is 446 g/mol. The number of thiocarbonyl (C=S) groups is 1. The van der Waals surface area contributed by atoms with Crippen LogP contribution in [0.1, 0.15) is 25.3 Å². The van der Waals surface area contributed by atoms with Gasteiger partial charge in [0.2, 0.25) is 0 Å². The molecule has 0 radical (unpaired) electrons. The number of thioether (sulfide) groups is 1. The fourth-order valence-electron chi connectivity index (χ4n) is 3.70. The Balaban J connectivity index is 1.45. The number of non-ortho nitro benzene ring substituents is 1. The van der Waals surface area contributed by atoms with Crippen LogP contribution in [0.25, 0.3) is 5.57 Å². The third-order valence-electron chi connectivity index (χ3n) is 5.11. The van der Waals surface area contributed by atoms with E-state index in [1.165, 1.54) is 23.9 Å². The summed E-state index contributed by atoms with van der Waals surface area (Å²) in [6, 6.07) is 6.40. The number of allylic oxidation sites excluding steroid dienone is 2. The van der Waals surface area contributed by atoms with Crippen molar-refractivity contribution in [2.45, 2.75) is 30.4 Å². The number of carbonyl (C=O) groups is 2. The molecule has 3 aliphatic rings. The Morgan fingerprint density at radius 3 is 2.73 bits per heavy atom. The van der Waals surface area contributed by atoms with Gasteiger partial charge in [-0.05, 0) is 54.9 Å². The second kappa shape index (κ2) is 8.19. The Kier molecular flexibility index (Phi) is 5.61. The summed E-state index contributed by atoms with van der Waals surface area (Å²) in [6.45, 7) is 2.48. The molecule has 1 aromatic carbocycles. The van der Waals surface area contributed by atoms with Crippen molar-refractivity contribution in [3.8, 4) is 0 Å². The Labute approximate surface area is 182 Å². The number of esters is 1. The Morgan fingerprint density at radius 2 is 2.07 bits per heavy atom. The maximum absolute atomic E-state index is 12.8.